The lowest BCUT2D eigenvalue weighted by Gasteiger charge is -2.19. The van der Waals surface area contributed by atoms with Gasteiger partial charge < -0.3 is 5.32 Å². The van der Waals surface area contributed by atoms with E-state index in [1.54, 1.807) is 0 Å². The highest BCUT2D eigenvalue weighted by atomic mass is 35.5. The normalized spacial score (nSPS) is 11.5. The predicted octanol–water partition coefficient (Wildman–Crippen LogP) is 7.23. The molecule has 1 N–H and O–H groups in total. The van der Waals surface area contributed by atoms with E-state index >= 15 is 0 Å². The van der Waals surface area contributed by atoms with Crippen molar-refractivity contribution in [1.82, 2.24) is 14.8 Å². The van der Waals surface area contributed by atoms with Crippen LogP contribution in [-0.4, -0.2) is 26.4 Å². The van der Waals surface area contributed by atoms with E-state index in [0.717, 1.165) is 22.5 Å². The van der Waals surface area contributed by atoms with Crippen LogP contribution in [0.5, 0.6) is 0 Å². The Hall–Kier alpha value is -3.09. The number of hydrogen-bond donors (Lipinski definition) is 1. The van der Waals surface area contributed by atoms with Crippen LogP contribution in [0.4, 0.5) is 5.69 Å². The van der Waals surface area contributed by atoms with Crippen molar-refractivity contribution >= 4 is 35.0 Å². The van der Waals surface area contributed by atoms with Crippen LogP contribution in [0.3, 0.4) is 0 Å². The standard InChI is InChI=1S/C28H29ClN4OS/c1-18-6-13-23(16-19(18)2)30-25(34)17-35-27-32-31-26(33(27)24-14-11-22(29)12-15-24)20-7-9-21(10-8-20)28(3,4)5/h6-16H,17H2,1-5H3,(H,30,34). The van der Waals surface area contributed by atoms with Gasteiger partial charge in [-0.3, -0.25) is 9.36 Å². The number of rotatable bonds is 6. The highest BCUT2D eigenvalue weighted by molar-refractivity contribution is 7.99. The van der Waals surface area contributed by atoms with Crippen LogP contribution in [0.25, 0.3) is 17.1 Å². The second-order valence-corrected chi connectivity index (χ2v) is 11.0. The van der Waals surface area contributed by atoms with Crippen molar-refractivity contribution in [3.8, 4) is 17.1 Å². The van der Waals surface area contributed by atoms with Gasteiger partial charge in [0.05, 0.1) is 5.75 Å². The summed E-state index contributed by atoms with van der Waals surface area (Å²) in [5, 5.41) is 13.2. The Morgan fingerprint density at radius 2 is 1.63 bits per heavy atom. The van der Waals surface area contributed by atoms with Crippen molar-refractivity contribution in [3.05, 3.63) is 88.4 Å². The summed E-state index contributed by atoms with van der Waals surface area (Å²) in [6.45, 7) is 10.7. The second kappa shape index (κ2) is 10.3. The molecule has 0 unspecified atom stereocenters. The third-order valence-electron chi connectivity index (χ3n) is 5.85. The summed E-state index contributed by atoms with van der Waals surface area (Å²) >= 11 is 7.48. The number of aryl methyl sites for hydroxylation is 2. The number of aromatic nitrogens is 3. The molecular weight excluding hydrogens is 476 g/mol. The van der Waals surface area contributed by atoms with Crippen LogP contribution in [0.2, 0.25) is 5.02 Å². The summed E-state index contributed by atoms with van der Waals surface area (Å²) in [7, 11) is 0. The fourth-order valence-electron chi connectivity index (χ4n) is 3.64. The Bertz CT molecular complexity index is 1340. The van der Waals surface area contributed by atoms with Gasteiger partial charge in [-0.1, -0.05) is 74.5 Å². The molecule has 4 aromatic rings. The zero-order chi connectivity index (χ0) is 25.2. The van der Waals surface area contributed by atoms with Gasteiger partial charge in [0, 0.05) is 22.0 Å². The zero-order valence-electron chi connectivity index (χ0n) is 20.6. The van der Waals surface area contributed by atoms with E-state index in [-0.39, 0.29) is 17.1 Å². The van der Waals surface area contributed by atoms with Crippen LogP contribution in [0.15, 0.2) is 71.9 Å². The van der Waals surface area contributed by atoms with E-state index in [1.165, 1.54) is 22.9 Å². The maximum absolute atomic E-state index is 12.7. The molecule has 1 aromatic heterocycles. The number of nitrogens with zero attached hydrogens (tertiary/aromatic N) is 3. The van der Waals surface area contributed by atoms with E-state index in [1.807, 2.05) is 54.0 Å². The molecule has 0 aliphatic rings. The summed E-state index contributed by atoms with van der Waals surface area (Å²) in [6, 6.07) is 21.8. The van der Waals surface area contributed by atoms with Crippen LogP contribution in [0.1, 0.15) is 37.5 Å². The first kappa shape index (κ1) is 25.0. The first-order chi connectivity index (χ1) is 16.6. The predicted molar refractivity (Wildman–Crippen MR) is 146 cm³/mol. The van der Waals surface area contributed by atoms with E-state index < -0.39 is 0 Å². The molecule has 0 aliphatic carbocycles. The van der Waals surface area contributed by atoms with Gasteiger partial charge in [-0.05, 0) is 72.4 Å². The van der Waals surface area contributed by atoms with Crippen molar-refractivity contribution in [2.24, 2.45) is 0 Å². The van der Waals surface area contributed by atoms with Gasteiger partial charge >= 0.3 is 0 Å². The van der Waals surface area contributed by atoms with Crippen LogP contribution in [-0.2, 0) is 10.2 Å². The number of thioether (sulfide) groups is 1. The summed E-state index contributed by atoms with van der Waals surface area (Å²) < 4.78 is 1.97. The SMILES string of the molecule is Cc1ccc(NC(=O)CSc2nnc(-c3ccc(C(C)(C)C)cc3)n2-c2ccc(Cl)cc2)cc1C. The van der Waals surface area contributed by atoms with Gasteiger partial charge in [0.1, 0.15) is 0 Å². The number of hydrogen-bond acceptors (Lipinski definition) is 4. The van der Waals surface area contributed by atoms with E-state index in [9.17, 15) is 4.79 Å². The Morgan fingerprint density at radius 3 is 2.26 bits per heavy atom. The quantitative estimate of drug-likeness (QED) is 0.281. The number of anilines is 1. The topological polar surface area (TPSA) is 59.8 Å². The lowest BCUT2D eigenvalue weighted by Crippen LogP contribution is -2.14. The van der Waals surface area contributed by atoms with Gasteiger partial charge in [-0.15, -0.1) is 10.2 Å². The summed E-state index contributed by atoms with van der Waals surface area (Å²) in [4.78, 5) is 12.7. The fourth-order valence-corrected chi connectivity index (χ4v) is 4.52. The Kier molecular flexibility index (Phi) is 7.33. The zero-order valence-corrected chi connectivity index (χ0v) is 22.2. The monoisotopic (exact) mass is 504 g/mol. The first-order valence-corrected chi connectivity index (χ1v) is 12.8. The lowest BCUT2D eigenvalue weighted by atomic mass is 9.87. The minimum atomic E-state index is -0.0972. The fraction of sp³-hybridized carbons (Fsp3) is 0.250. The number of carbonyl (C=O) groups excluding carboxylic acids is 1. The third kappa shape index (κ3) is 5.95. The number of benzene rings is 3. The molecule has 0 saturated carbocycles. The van der Waals surface area contributed by atoms with Crippen LogP contribution >= 0.6 is 23.4 Å². The van der Waals surface area contributed by atoms with Crippen molar-refractivity contribution in [2.45, 2.75) is 45.2 Å². The summed E-state index contributed by atoms with van der Waals surface area (Å²) in [5.41, 5.74) is 6.26. The average Bonchev–Trinajstić information content (AvgIpc) is 3.24. The third-order valence-corrected chi connectivity index (χ3v) is 7.03. The van der Waals surface area contributed by atoms with Crippen LogP contribution in [0, 0.1) is 13.8 Å². The number of carbonyl (C=O) groups is 1. The smallest absolute Gasteiger partial charge is 0.234 e. The Balaban J connectivity index is 1.60. The van der Waals surface area contributed by atoms with Crippen molar-refractivity contribution in [1.29, 1.82) is 0 Å². The molecule has 1 heterocycles. The molecule has 0 saturated heterocycles. The van der Waals surface area contributed by atoms with Crippen molar-refractivity contribution < 1.29 is 4.79 Å². The number of amides is 1. The minimum Gasteiger partial charge on any atom is -0.325 e. The molecule has 5 nitrogen and oxygen atoms in total. The highest BCUT2D eigenvalue weighted by Crippen LogP contribution is 2.30. The highest BCUT2D eigenvalue weighted by Gasteiger charge is 2.19. The van der Waals surface area contributed by atoms with Gasteiger partial charge in [0.25, 0.3) is 0 Å². The number of halogens is 1. The molecular formula is C28H29ClN4OS. The second-order valence-electron chi connectivity index (χ2n) is 9.58. The molecule has 4 rings (SSSR count). The molecule has 0 fully saturated rings. The lowest BCUT2D eigenvalue weighted by molar-refractivity contribution is -0.113. The maximum Gasteiger partial charge on any atom is 0.234 e. The van der Waals surface area contributed by atoms with Gasteiger partial charge in [-0.25, -0.2) is 0 Å². The first-order valence-electron chi connectivity index (χ1n) is 11.4. The molecule has 35 heavy (non-hydrogen) atoms. The van der Waals surface area contributed by atoms with E-state index in [2.05, 4.69) is 67.5 Å². The molecule has 0 spiro atoms. The molecule has 3 aromatic carbocycles. The number of nitrogens with one attached hydrogen (secondary N) is 1. The van der Waals surface area contributed by atoms with E-state index in [4.69, 9.17) is 11.6 Å². The molecule has 0 bridgehead atoms. The summed E-state index contributed by atoms with van der Waals surface area (Å²) in [6.07, 6.45) is 0. The van der Waals surface area contributed by atoms with Gasteiger partial charge in [0.2, 0.25) is 5.91 Å². The average molecular weight is 505 g/mol. The molecule has 7 heteroatoms. The minimum absolute atomic E-state index is 0.0622. The summed E-state index contributed by atoms with van der Waals surface area (Å²) in [5.74, 6) is 0.826. The molecule has 0 atom stereocenters. The van der Waals surface area contributed by atoms with Crippen molar-refractivity contribution in [2.75, 3.05) is 11.1 Å². The molecule has 0 aliphatic heterocycles. The van der Waals surface area contributed by atoms with Gasteiger partial charge in [-0.2, -0.15) is 0 Å². The Labute approximate surface area is 215 Å². The Morgan fingerprint density at radius 1 is 0.943 bits per heavy atom. The van der Waals surface area contributed by atoms with E-state index in [0.29, 0.717) is 16.0 Å². The van der Waals surface area contributed by atoms with Crippen LogP contribution < -0.4 is 5.32 Å². The molecule has 180 valence electrons. The van der Waals surface area contributed by atoms with Gasteiger partial charge in [0.15, 0.2) is 11.0 Å². The molecule has 1 amide bonds. The molecule has 0 radical (unpaired) electrons. The van der Waals surface area contributed by atoms with Crippen molar-refractivity contribution in [3.63, 3.8) is 0 Å². The largest absolute Gasteiger partial charge is 0.325 e. The maximum atomic E-state index is 12.7.